The highest BCUT2D eigenvalue weighted by Crippen LogP contribution is 2.42. The summed E-state index contributed by atoms with van der Waals surface area (Å²) < 4.78 is 25.1. The molecule has 1 heterocycles. The second-order valence-electron chi connectivity index (χ2n) is 10.1. The molecule has 5 nitrogen and oxygen atoms in total. The summed E-state index contributed by atoms with van der Waals surface area (Å²) in [4.78, 5) is 16.6. The predicted octanol–water partition coefficient (Wildman–Crippen LogP) is 7.69. The molecular weight excluding hydrogens is 511 g/mol. The van der Waals surface area contributed by atoms with Crippen LogP contribution >= 0.6 is 11.8 Å². The third-order valence-electron chi connectivity index (χ3n) is 7.30. The molecule has 3 atom stereocenters. The van der Waals surface area contributed by atoms with Gasteiger partial charge >= 0.3 is 0 Å². The highest BCUT2D eigenvalue weighted by molar-refractivity contribution is 8.05. The predicted molar refractivity (Wildman–Crippen MR) is 156 cm³/mol. The quantitative estimate of drug-likeness (QED) is 0.279. The largest absolute Gasteiger partial charge is 0.490 e. The number of anilines is 1. The average Bonchev–Trinajstić information content (AvgIpc) is 3.24. The number of rotatable bonds is 9. The van der Waals surface area contributed by atoms with Crippen LogP contribution in [0.5, 0.6) is 11.5 Å². The van der Waals surface area contributed by atoms with Crippen LogP contribution < -0.4 is 14.8 Å². The van der Waals surface area contributed by atoms with E-state index in [4.69, 9.17) is 9.47 Å². The maximum Gasteiger partial charge on any atom is 0.262 e. The molecule has 0 radical (unpaired) electrons. The SMILES string of the molecule is CCOc1cc(/C=C2\SC(Nc3ccccc3)N([C@@H]3CCCC[C@H]3C)C2=O)ccc1OCc1ccc(F)cc1. The Morgan fingerprint density at radius 2 is 1.77 bits per heavy atom. The number of nitrogens with zero attached hydrogens (tertiary/aromatic N) is 1. The molecule has 1 aliphatic heterocycles. The zero-order valence-electron chi connectivity index (χ0n) is 22.4. The Balaban J connectivity index is 1.38. The molecule has 5 rings (SSSR count). The van der Waals surface area contributed by atoms with Crippen LogP contribution in [0.3, 0.4) is 0 Å². The standard InChI is InChI=1S/C32H35FN2O3S/c1-3-37-29-19-24(15-18-28(29)38-21-23-13-16-25(33)17-14-23)20-30-31(36)35(27-12-8-7-9-22(27)2)32(39-30)34-26-10-5-4-6-11-26/h4-6,10-11,13-20,22,27,32,34H,3,7-9,12,21H2,1-2H3/b30-20-/t22-,27-,32?/m1/s1. The fourth-order valence-electron chi connectivity index (χ4n) is 5.26. The Hall–Kier alpha value is -3.45. The van der Waals surface area contributed by atoms with E-state index in [0.717, 1.165) is 36.1 Å². The number of ether oxygens (including phenoxy) is 2. The van der Waals surface area contributed by atoms with E-state index in [9.17, 15) is 9.18 Å². The van der Waals surface area contributed by atoms with Gasteiger partial charge in [0.2, 0.25) is 0 Å². The maximum absolute atomic E-state index is 13.8. The van der Waals surface area contributed by atoms with Crippen molar-refractivity contribution in [2.75, 3.05) is 11.9 Å². The molecule has 1 saturated heterocycles. The molecular formula is C32H35FN2O3S. The molecule has 204 valence electrons. The minimum absolute atomic E-state index is 0.0711. The second kappa shape index (κ2) is 12.6. The van der Waals surface area contributed by atoms with Gasteiger partial charge in [0.15, 0.2) is 17.0 Å². The molecule has 1 N–H and O–H groups in total. The van der Waals surface area contributed by atoms with Crippen molar-refractivity contribution >= 4 is 29.4 Å². The van der Waals surface area contributed by atoms with Gasteiger partial charge in [0.05, 0.1) is 11.5 Å². The fourth-order valence-corrected chi connectivity index (χ4v) is 6.47. The third-order valence-corrected chi connectivity index (χ3v) is 8.41. The van der Waals surface area contributed by atoms with Crippen LogP contribution in [-0.2, 0) is 11.4 Å². The topological polar surface area (TPSA) is 50.8 Å². The van der Waals surface area contributed by atoms with Crippen LogP contribution in [0, 0.1) is 11.7 Å². The molecule has 1 unspecified atom stereocenters. The zero-order valence-corrected chi connectivity index (χ0v) is 23.3. The number of thioether (sulfide) groups is 1. The van der Waals surface area contributed by atoms with Crippen LogP contribution in [0.1, 0.15) is 50.7 Å². The van der Waals surface area contributed by atoms with Gasteiger partial charge in [-0.15, -0.1) is 0 Å². The van der Waals surface area contributed by atoms with Crippen molar-refractivity contribution in [3.8, 4) is 11.5 Å². The summed E-state index contributed by atoms with van der Waals surface area (Å²) in [5.41, 5.74) is 2.58. The Kier molecular flexibility index (Phi) is 8.77. The van der Waals surface area contributed by atoms with E-state index in [1.807, 2.05) is 61.5 Å². The fraction of sp³-hybridized carbons (Fsp3) is 0.344. The van der Waals surface area contributed by atoms with Gasteiger partial charge in [-0.2, -0.15) is 0 Å². The molecule has 1 amide bonds. The number of carbonyl (C=O) groups excluding carboxylic acids is 1. The van der Waals surface area contributed by atoms with Gasteiger partial charge in [0.1, 0.15) is 12.4 Å². The van der Waals surface area contributed by atoms with Gasteiger partial charge in [0.25, 0.3) is 5.91 Å². The lowest BCUT2D eigenvalue weighted by Crippen LogP contribution is -2.48. The van der Waals surface area contributed by atoms with Crippen LogP contribution in [0.2, 0.25) is 0 Å². The van der Waals surface area contributed by atoms with Crippen molar-refractivity contribution in [2.45, 2.75) is 57.7 Å². The monoisotopic (exact) mass is 546 g/mol. The number of para-hydroxylation sites is 1. The van der Waals surface area contributed by atoms with E-state index in [1.54, 1.807) is 23.9 Å². The van der Waals surface area contributed by atoms with E-state index >= 15 is 0 Å². The van der Waals surface area contributed by atoms with Gasteiger partial charge in [-0.25, -0.2) is 4.39 Å². The first-order valence-corrected chi connectivity index (χ1v) is 14.6. The van der Waals surface area contributed by atoms with E-state index in [1.165, 1.54) is 18.6 Å². The molecule has 0 aromatic heterocycles. The highest BCUT2D eigenvalue weighted by Gasteiger charge is 2.42. The number of amides is 1. The molecule has 0 spiro atoms. The van der Waals surface area contributed by atoms with Gasteiger partial charge in [-0.1, -0.05) is 67.9 Å². The number of nitrogens with one attached hydrogen (secondary N) is 1. The normalized spacial score (nSPS) is 22.2. The number of carbonyl (C=O) groups is 1. The molecule has 1 saturated carbocycles. The molecule has 2 fully saturated rings. The van der Waals surface area contributed by atoms with Crippen LogP contribution in [0.4, 0.5) is 10.1 Å². The van der Waals surface area contributed by atoms with E-state index in [0.29, 0.717) is 35.5 Å². The first-order chi connectivity index (χ1) is 19.0. The highest BCUT2D eigenvalue weighted by atomic mass is 32.2. The Morgan fingerprint density at radius 1 is 1.00 bits per heavy atom. The van der Waals surface area contributed by atoms with Gasteiger partial charge in [-0.05, 0) is 79.3 Å². The number of hydrogen-bond acceptors (Lipinski definition) is 5. The summed E-state index contributed by atoms with van der Waals surface area (Å²) in [5, 5.41) is 3.59. The van der Waals surface area contributed by atoms with E-state index < -0.39 is 0 Å². The third kappa shape index (κ3) is 6.59. The lowest BCUT2D eigenvalue weighted by molar-refractivity contribution is -0.129. The van der Waals surface area contributed by atoms with Crippen LogP contribution in [-0.4, -0.2) is 29.0 Å². The first kappa shape index (κ1) is 27.1. The van der Waals surface area contributed by atoms with Gasteiger partial charge in [0, 0.05) is 11.7 Å². The molecule has 1 aliphatic carbocycles. The molecule has 39 heavy (non-hydrogen) atoms. The Labute approximate surface area is 234 Å². The van der Waals surface area contributed by atoms with Crippen molar-refractivity contribution < 1.29 is 18.7 Å². The lowest BCUT2D eigenvalue weighted by Gasteiger charge is -2.39. The molecule has 7 heteroatoms. The van der Waals surface area contributed by atoms with Crippen molar-refractivity contribution in [3.63, 3.8) is 0 Å². The van der Waals surface area contributed by atoms with E-state index in [2.05, 4.69) is 17.1 Å². The van der Waals surface area contributed by atoms with Crippen molar-refractivity contribution in [2.24, 2.45) is 5.92 Å². The van der Waals surface area contributed by atoms with Gasteiger partial charge in [-0.3, -0.25) is 4.79 Å². The molecule has 3 aromatic rings. The molecule has 0 bridgehead atoms. The summed E-state index contributed by atoms with van der Waals surface area (Å²) in [7, 11) is 0. The second-order valence-corrected chi connectivity index (χ2v) is 11.2. The van der Waals surface area contributed by atoms with Crippen molar-refractivity contribution in [1.29, 1.82) is 0 Å². The summed E-state index contributed by atoms with van der Waals surface area (Å²) in [6.45, 7) is 4.98. The Bertz CT molecular complexity index is 1300. The Morgan fingerprint density at radius 3 is 2.51 bits per heavy atom. The number of halogens is 1. The summed E-state index contributed by atoms with van der Waals surface area (Å²) in [5.74, 6) is 1.48. The minimum atomic E-state index is -0.275. The lowest BCUT2D eigenvalue weighted by atomic mass is 9.85. The van der Waals surface area contributed by atoms with E-state index in [-0.39, 0.29) is 23.3 Å². The smallest absolute Gasteiger partial charge is 0.262 e. The average molecular weight is 547 g/mol. The van der Waals surface area contributed by atoms with Crippen molar-refractivity contribution in [3.05, 3.63) is 94.6 Å². The summed E-state index contributed by atoms with van der Waals surface area (Å²) in [6.07, 6.45) is 6.50. The van der Waals surface area contributed by atoms with Crippen LogP contribution in [0.25, 0.3) is 6.08 Å². The molecule has 2 aliphatic rings. The molecule has 3 aromatic carbocycles. The van der Waals surface area contributed by atoms with Crippen LogP contribution in [0.15, 0.2) is 77.7 Å². The maximum atomic E-state index is 13.8. The zero-order chi connectivity index (χ0) is 27.2. The van der Waals surface area contributed by atoms with Gasteiger partial charge < -0.3 is 19.7 Å². The number of hydrogen-bond donors (Lipinski definition) is 1. The number of benzene rings is 3. The summed E-state index contributed by atoms with van der Waals surface area (Å²) >= 11 is 1.57. The minimum Gasteiger partial charge on any atom is -0.490 e. The first-order valence-electron chi connectivity index (χ1n) is 13.7. The van der Waals surface area contributed by atoms with Crippen molar-refractivity contribution in [1.82, 2.24) is 4.90 Å². The summed E-state index contributed by atoms with van der Waals surface area (Å²) in [6, 6.07) is 22.3.